The largest absolute Gasteiger partial charge is 0.302 e. The molecule has 0 aliphatic carbocycles. The second-order valence-electron chi connectivity index (χ2n) is 5.03. The van der Waals surface area contributed by atoms with E-state index in [9.17, 15) is 0 Å². The van der Waals surface area contributed by atoms with Crippen LogP contribution >= 0.6 is 0 Å². The molecule has 98 valence electrons. The summed E-state index contributed by atoms with van der Waals surface area (Å²) in [7, 11) is 2.14. The highest BCUT2D eigenvalue weighted by Crippen LogP contribution is 2.16. The lowest BCUT2D eigenvalue weighted by Crippen LogP contribution is -2.18. The third-order valence-electron chi connectivity index (χ3n) is 3.34. The fourth-order valence-electron chi connectivity index (χ4n) is 2.31. The molecule has 0 N–H and O–H groups in total. The van der Waals surface area contributed by atoms with Gasteiger partial charge in [-0.25, -0.2) is 0 Å². The van der Waals surface area contributed by atoms with Gasteiger partial charge < -0.3 is 4.90 Å². The molecule has 0 fully saturated rings. The quantitative estimate of drug-likeness (QED) is 0.727. The van der Waals surface area contributed by atoms with Crippen LogP contribution in [0.2, 0.25) is 0 Å². The predicted molar refractivity (Wildman–Crippen MR) is 79.7 cm³/mol. The van der Waals surface area contributed by atoms with Crippen LogP contribution in [0.3, 0.4) is 0 Å². The standard InChI is InChI=1S/C17H20N2/c1-19(12-6-2-5-11-18)14-15-9-10-16-7-3-4-8-17(16)13-15/h3-4,7-10,13H,2,5-6,12,14H2,1H3. The SMILES string of the molecule is CN(CCCCC#N)Cc1ccc2ccccc2c1. The summed E-state index contributed by atoms with van der Waals surface area (Å²) in [5.74, 6) is 0. The highest BCUT2D eigenvalue weighted by atomic mass is 15.1. The van der Waals surface area contributed by atoms with Crippen LogP contribution in [0, 0.1) is 11.3 Å². The molecule has 0 aliphatic heterocycles. The van der Waals surface area contributed by atoms with Crippen LogP contribution in [0.25, 0.3) is 10.8 Å². The second-order valence-corrected chi connectivity index (χ2v) is 5.03. The van der Waals surface area contributed by atoms with E-state index in [4.69, 9.17) is 5.26 Å². The summed E-state index contributed by atoms with van der Waals surface area (Å²) in [6, 6.07) is 17.3. The number of unbranched alkanes of at least 4 members (excludes halogenated alkanes) is 2. The summed E-state index contributed by atoms with van der Waals surface area (Å²) in [4.78, 5) is 2.32. The maximum atomic E-state index is 8.50. The summed E-state index contributed by atoms with van der Waals surface area (Å²) in [6.07, 6.45) is 2.76. The molecule has 0 saturated heterocycles. The van der Waals surface area contributed by atoms with E-state index in [0.717, 1.165) is 25.9 Å². The molecule has 2 heteroatoms. The van der Waals surface area contributed by atoms with E-state index in [1.54, 1.807) is 0 Å². The average molecular weight is 252 g/mol. The molecule has 19 heavy (non-hydrogen) atoms. The lowest BCUT2D eigenvalue weighted by molar-refractivity contribution is 0.319. The topological polar surface area (TPSA) is 27.0 Å². The molecule has 0 bridgehead atoms. The zero-order valence-electron chi connectivity index (χ0n) is 11.5. The Labute approximate surface area is 115 Å². The van der Waals surface area contributed by atoms with Gasteiger partial charge in [-0.1, -0.05) is 36.4 Å². The number of fused-ring (bicyclic) bond motifs is 1. The van der Waals surface area contributed by atoms with Gasteiger partial charge in [0.25, 0.3) is 0 Å². The molecule has 0 unspecified atom stereocenters. The summed E-state index contributed by atoms with van der Waals surface area (Å²) < 4.78 is 0. The highest BCUT2D eigenvalue weighted by Gasteiger charge is 2.01. The van der Waals surface area contributed by atoms with Gasteiger partial charge in [-0.3, -0.25) is 0 Å². The van der Waals surface area contributed by atoms with Crippen LogP contribution in [0.4, 0.5) is 0 Å². The number of benzene rings is 2. The van der Waals surface area contributed by atoms with E-state index in [0.29, 0.717) is 6.42 Å². The third kappa shape index (κ3) is 4.08. The van der Waals surface area contributed by atoms with Crippen molar-refractivity contribution in [3.8, 4) is 6.07 Å². The molecule has 2 aromatic rings. The van der Waals surface area contributed by atoms with Crippen molar-refractivity contribution >= 4 is 10.8 Å². The number of rotatable bonds is 6. The van der Waals surface area contributed by atoms with Crippen LogP contribution < -0.4 is 0 Å². The Kier molecular flexibility index (Phi) is 4.94. The summed E-state index contributed by atoms with van der Waals surface area (Å²) in [5, 5.41) is 11.1. The molecule has 0 spiro atoms. The number of nitriles is 1. The van der Waals surface area contributed by atoms with Gasteiger partial charge in [0.1, 0.15) is 0 Å². The number of hydrogen-bond acceptors (Lipinski definition) is 2. The molecule has 0 aromatic heterocycles. The molecule has 0 heterocycles. The zero-order chi connectivity index (χ0) is 13.5. The molecule has 2 aromatic carbocycles. The highest BCUT2D eigenvalue weighted by molar-refractivity contribution is 5.82. The van der Waals surface area contributed by atoms with E-state index in [1.165, 1.54) is 16.3 Å². The van der Waals surface area contributed by atoms with Crippen LogP contribution in [-0.2, 0) is 6.54 Å². The van der Waals surface area contributed by atoms with Crippen molar-refractivity contribution in [2.24, 2.45) is 0 Å². The van der Waals surface area contributed by atoms with Crippen molar-refractivity contribution in [2.45, 2.75) is 25.8 Å². The van der Waals surface area contributed by atoms with E-state index >= 15 is 0 Å². The van der Waals surface area contributed by atoms with Gasteiger partial charge in [-0.15, -0.1) is 0 Å². The zero-order valence-corrected chi connectivity index (χ0v) is 11.5. The average Bonchev–Trinajstić information content (AvgIpc) is 2.43. The smallest absolute Gasteiger partial charge is 0.0621 e. The Hall–Kier alpha value is -1.85. The van der Waals surface area contributed by atoms with Gasteiger partial charge in [0.2, 0.25) is 0 Å². The molecule has 2 rings (SSSR count). The monoisotopic (exact) mass is 252 g/mol. The minimum atomic E-state index is 0.670. The van der Waals surface area contributed by atoms with Gasteiger partial charge in [0.05, 0.1) is 6.07 Å². The molecule has 0 atom stereocenters. The van der Waals surface area contributed by atoms with E-state index < -0.39 is 0 Å². The molecule has 2 nitrogen and oxygen atoms in total. The first-order valence-corrected chi connectivity index (χ1v) is 6.83. The van der Waals surface area contributed by atoms with Crippen LogP contribution in [0.5, 0.6) is 0 Å². The first-order valence-electron chi connectivity index (χ1n) is 6.83. The number of hydrogen-bond donors (Lipinski definition) is 0. The summed E-state index contributed by atoms with van der Waals surface area (Å²) >= 11 is 0. The maximum Gasteiger partial charge on any atom is 0.0621 e. The Morgan fingerprint density at radius 2 is 1.84 bits per heavy atom. The lowest BCUT2D eigenvalue weighted by atomic mass is 10.1. The minimum Gasteiger partial charge on any atom is -0.302 e. The van der Waals surface area contributed by atoms with E-state index in [1.807, 2.05) is 0 Å². The first-order chi connectivity index (χ1) is 9.29. The van der Waals surface area contributed by atoms with E-state index in [2.05, 4.69) is 60.5 Å². The van der Waals surface area contributed by atoms with Crippen molar-refractivity contribution in [2.75, 3.05) is 13.6 Å². The Morgan fingerprint density at radius 1 is 1.05 bits per heavy atom. The predicted octanol–water partition coefficient (Wildman–Crippen LogP) is 3.97. The normalized spacial score (nSPS) is 10.8. The van der Waals surface area contributed by atoms with Crippen LogP contribution in [-0.4, -0.2) is 18.5 Å². The molecular formula is C17H20N2. The second kappa shape index (κ2) is 6.92. The Bertz CT molecular complexity index is 569. The summed E-state index contributed by atoms with van der Waals surface area (Å²) in [5.41, 5.74) is 1.35. The molecule has 0 saturated carbocycles. The first kappa shape index (κ1) is 13.6. The van der Waals surface area contributed by atoms with Crippen molar-refractivity contribution in [3.63, 3.8) is 0 Å². The van der Waals surface area contributed by atoms with Gasteiger partial charge in [-0.05, 0) is 48.8 Å². The fourth-order valence-corrected chi connectivity index (χ4v) is 2.31. The van der Waals surface area contributed by atoms with Crippen LogP contribution in [0.15, 0.2) is 42.5 Å². The lowest BCUT2D eigenvalue weighted by Gasteiger charge is -2.16. The Morgan fingerprint density at radius 3 is 2.63 bits per heavy atom. The molecule has 0 aliphatic rings. The minimum absolute atomic E-state index is 0.670. The summed E-state index contributed by atoms with van der Waals surface area (Å²) in [6.45, 7) is 2.02. The third-order valence-corrected chi connectivity index (χ3v) is 3.34. The van der Waals surface area contributed by atoms with E-state index in [-0.39, 0.29) is 0 Å². The van der Waals surface area contributed by atoms with Gasteiger partial charge >= 0.3 is 0 Å². The maximum absolute atomic E-state index is 8.50. The fraction of sp³-hybridized carbons (Fsp3) is 0.353. The van der Waals surface area contributed by atoms with Crippen LogP contribution in [0.1, 0.15) is 24.8 Å². The van der Waals surface area contributed by atoms with Gasteiger partial charge in [-0.2, -0.15) is 5.26 Å². The van der Waals surface area contributed by atoms with Crippen molar-refractivity contribution in [1.82, 2.24) is 4.90 Å². The van der Waals surface area contributed by atoms with Crippen molar-refractivity contribution < 1.29 is 0 Å². The van der Waals surface area contributed by atoms with Gasteiger partial charge in [0.15, 0.2) is 0 Å². The van der Waals surface area contributed by atoms with Gasteiger partial charge in [0, 0.05) is 13.0 Å². The molecular weight excluding hydrogens is 232 g/mol. The van der Waals surface area contributed by atoms with Crippen molar-refractivity contribution in [3.05, 3.63) is 48.0 Å². The molecule has 0 amide bonds. The molecule has 0 radical (unpaired) electrons. The Balaban J connectivity index is 1.91. The number of nitrogens with zero attached hydrogens (tertiary/aromatic N) is 2. The van der Waals surface area contributed by atoms with Crippen molar-refractivity contribution in [1.29, 1.82) is 5.26 Å².